The molecule has 0 spiro atoms. The second kappa shape index (κ2) is 8.83. The number of nitrogens with zero attached hydrogens (tertiary/aromatic N) is 5. The number of amides is 1. The average Bonchev–Trinajstić information content (AvgIpc) is 3.43. The van der Waals surface area contributed by atoms with Gasteiger partial charge in [-0.15, -0.1) is 21.5 Å². The summed E-state index contributed by atoms with van der Waals surface area (Å²) in [5, 5.41) is 23.1. The van der Waals surface area contributed by atoms with Crippen molar-refractivity contribution in [3.05, 3.63) is 16.0 Å². The van der Waals surface area contributed by atoms with Crippen molar-refractivity contribution in [1.82, 2.24) is 14.8 Å². The summed E-state index contributed by atoms with van der Waals surface area (Å²) in [7, 11) is 0. The maximum Gasteiger partial charge on any atom is 0.235 e. The van der Waals surface area contributed by atoms with Gasteiger partial charge in [0.1, 0.15) is 11.1 Å². The fourth-order valence-electron chi connectivity index (χ4n) is 4.58. The van der Waals surface area contributed by atoms with Gasteiger partial charge in [0.25, 0.3) is 0 Å². The molecule has 1 atom stereocenters. The first-order chi connectivity index (χ1) is 15.1. The molecule has 164 valence electrons. The highest BCUT2D eigenvalue weighted by molar-refractivity contribution is 7.99. The Bertz CT molecular complexity index is 1010. The van der Waals surface area contributed by atoms with Crippen LogP contribution in [0.3, 0.4) is 0 Å². The first kappa shape index (κ1) is 20.8. The van der Waals surface area contributed by atoms with Crippen molar-refractivity contribution in [2.24, 2.45) is 5.92 Å². The summed E-state index contributed by atoms with van der Waals surface area (Å²) in [5.74, 6) is 1.80. The number of nitriles is 1. The first-order valence-corrected chi connectivity index (χ1v) is 13.1. The third kappa shape index (κ3) is 4.33. The molecular weight excluding hydrogens is 428 g/mol. The van der Waals surface area contributed by atoms with Gasteiger partial charge in [-0.3, -0.25) is 9.36 Å². The Hall–Kier alpha value is -2.05. The number of piperidine rings is 1. The minimum absolute atomic E-state index is 0.0852. The number of carbonyl (C=O) groups is 1. The van der Waals surface area contributed by atoms with Gasteiger partial charge in [0, 0.05) is 24.0 Å². The van der Waals surface area contributed by atoms with Gasteiger partial charge in [-0.1, -0.05) is 18.7 Å². The molecule has 7 nitrogen and oxygen atoms in total. The molecule has 3 heterocycles. The van der Waals surface area contributed by atoms with E-state index < -0.39 is 0 Å². The lowest BCUT2D eigenvalue weighted by molar-refractivity contribution is -0.113. The number of hydrogen-bond donors (Lipinski definition) is 1. The van der Waals surface area contributed by atoms with Gasteiger partial charge in [-0.25, -0.2) is 0 Å². The molecule has 3 aliphatic rings. The normalized spacial score (nSPS) is 20.9. The van der Waals surface area contributed by atoms with Crippen LogP contribution in [0, 0.1) is 17.2 Å². The summed E-state index contributed by atoms with van der Waals surface area (Å²) in [4.78, 5) is 16.3. The van der Waals surface area contributed by atoms with Gasteiger partial charge in [0.15, 0.2) is 5.16 Å². The van der Waals surface area contributed by atoms with Gasteiger partial charge in [-0.05, 0) is 62.8 Å². The van der Waals surface area contributed by atoms with E-state index in [1.54, 1.807) is 11.3 Å². The Morgan fingerprint density at radius 3 is 2.81 bits per heavy atom. The van der Waals surface area contributed by atoms with Crippen molar-refractivity contribution in [1.29, 1.82) is 5.26 Å². The molecule has 9 heteroatoms. The predicted octanol–water partition coefficient (Wildman–Crippen LogP) is 4.39. The molecule has 31 heavy (non-hydrogen) atoms. The van der Waals surface area contributed by atoms with Crippen LogP contribution in [0.2, 0.25) is 0 Å². The maximum atomic E-state index is 12.7. The van der Waals surface area contributed by atoms with Gasteiger partial charge in [0.05, 0.1) is 11.3 Å². The molecule has 0 radical (unpaired) electrons. The Balaban J connectivity index is 1.27. The minimum atomic E-state index is -0.0852. The van der Waals surface area contributed by atoms with Gasteiger partial charge < -0.3 is 10.2 Å². The number of aromatic nitrogens is 3. The van der Waals surface area contributed by atoms with Crippen LogP contribution in [0.5, 0.6) is 0 Å². The molecule has 0 bridgehead atoms. The van der Waals surface area contributed by atoms with Crippen LogP contribution in [0.15, 0.2) is 5.16 Å². The zero-order chi connectivity index (χ0) is 21.4. The van der Waals surface area contributed by atoms with Crippen molar-refractivity contribution in [2.75, 3.05) is 29.1 Å². The van der Waals surface area contributed by atoms with Crippen LogP contribution in [0.1, 0.15) is 67.5 Å². The lowest BCUT2D eigenvalue weighted by Gasteiger charge is -2.27. The fraction of sp³-hybridized carbons (Fsp3) is 0.636. The zero-order valence-corrected chi connectivity index (χ0v) is 19.5. The van der Waals surface area contributed by atoms with Crippen molar-refractivity contribution in [2.45, 2.75) is 69.5 Å². The number of thiophene rings is 1. The van der Waals surface area contributed by atoms with E-state index in [0.717, 1.165) is 61.9 Å². The number of anilines is 2. The van der Waals surface area contributed by atoms with E-state index in [9.17, 15) is 10.1 Å². The Morgan fingerprint density at radius 1 is 1.26 bits per heavy atom. The molecule has 2 aromatic rings. The van der Waals surface area contributed by atoms with E-state index in [4.69, 9.17) is 0 Å². The van der Waals surface area contributed by atoms with Crippen molar-refractivity contribution >= 4 is 40.0 Å². The Labute approximate surface area is 191 Å². The minimum Gasteiger partial charge on any atom is -0.341 e. The van der Waals surface area contributed by atoms with E-state index in [1.807, 2.05) is 0 Å². The van der Waals surface area contributed by atoms with E-state index in [1.165, 1.54) is 35.9 Å². The lowest BCUT2D eigenvalue weighted by atomic mass is 9.89. The highest BCUT2D eigenvalue weighted by atomic mass is 32.2. The third-order valence-corrected chi connectivity index (χ3v) is 8.52. The Morgan fingerprint density at radius 2 is 2.06 bits per heavy atom. The zero-order valence-electron chi connectivity index (χ0n) is 17.9. The quantitative estimate of drug-likeness (QED) is 0.649. The van der Waals surface area contributed by atoms with Gasteiger partial charge >= 0.3 is 0 Å². The smallest absolute Gasteiger partial charge is 0.235 e. The number of thioether (sulfide) groups is 1. The van der Waals surface area contributed by atoms with Crippen LogP contribution in [-0.2, 0) is 17.6 Å². The van der Waals surface area contributed by atoms with Crippen molar-refractivity contribution in [3.63, 3.8) is 0 Å². The number of fused-ring (bicyclic) bond motifs is 1. The van der Waals surface area contributed by atoms with Gasteiger partial charge in [0.2, 0.25) is 11.9 Å². The van der Waals surface area contributed by atoms with E-state index in [-0.39, 0.29) is 11.7 Å². The molecule has 1 saturated carbocycles. The van der Waals surface area contributed by atoms with Crippen LogP contribution in [-0.4, -0.2) is 39.5 Å². The lowest BCUT2D eigenvalue weighted by Crippen LogP contribution is -2.32. The molecular formula is C22H28N6OS2. The predicted molar refractivity (Wildman–Crippen MR) is 124 cm³/mol. The molecule has 2 aliphatic carbocycles. The van der Waals surface area contributed by atoms with Crippen molar-refractivity contribution < 1.29 is 4.79 Å². The summed E-state index contributed by atoms with van der Waals surface area (Å²) in [5.41, 5.74) is 1.81. The summed E-state index contributed by atoms with van der Waals surface area (Å²) < 4.78 is 2.25. The van der Waals surface area contributed by atoms with Crippen LogP contribution >= 0.6 is 23.1 Å². The fourth-order valence-corrected chi connectivity index (χ4v) is 6.76. The number of rotatable bonds is 6. The molecule has 2 fully saturated rings. The number of nitrogens with one attached hydrogen (secondary N) is 1. The molecule has 1 aliphatic heterocycles. The first-order valence-electron chi connectivity index (χ1n) is 11.3. The highest BCUT2D eigenvalue weighted by Gasteiger charge is 2.32. The second-order valence-electron chi connectivity index (χ2n) is 8.94. The SMILES string of the molecule is CC1CCc2c(sc(NC(=O)CSc3nnc(N4CCCCC4)n3C3CC3)c2C#N)C1. The Kier molecular flexibility index (Phi) is 5.93. The van der Waals surface area contributed by atoms with Crippen molar-refractivity contribution in [3.8, 4) is 6.07 Å². The van der Waals surface area contributed by atoms with E-state index >= 15 is 0 Å². The third-order valence-electron chi connectivity index (χ3n) is 6.41. The van der Waals surface area contributed by atoms with E-state index in [2.05, 4.69) is 38.0 Å². The van der Waals surface area contributed by atoms with Crippen LogP contribution in [0.4, 0.5) is 10.9 Å². The summed E-state index contributed by atoms with van der Waals surface area (Å²) in [6.45, 7) is 4.32. The highest BCUT2D eigenvalue weighted by Crippen LogP contribution is 2.42. The topological polar surface area (TPSA) is 86.8 Å². The van der Waals surface area contributed by atoms with E-state index in [0.29, 0.717) is 22.5 Å². The summed E-state index contributed by atoms with van der Waals surface area (Å²) in [6.07, 6.45) is 9.05. The largest absolute Gasteiger partial charge is 0.341 e. The summed E-state index contributed by atoms with van der Waals surface area (Å²) >= 11 is 3.03. The summed E-state index contributed by atoms with van der Waals surface area (Å²) in [6, 6.07) is 2.79. The van der Waals surface area contributed by atoms with Gasteiger partial charge in [-0.2, -0.15) is 5.26 Å². The second-order valence-corrected chi connectivity index (χ2v) is 11.0. The molecule has 1 unspecified atom stereocenters. The standard InChI is InChI=1S/C22H28N6OS2/c1-14-5-8-16-17(12-23)20(31-18(16)11-14)24-19(29)13-30-22-26-25-21(28(22)15-6-7-15)27-9-3-2-4-10-27/h14-15H,2-11,13H2,1H3,(H,24,29). The van der Waals surface area contributed by atoms with Crippen LogP contribution < -0.4 is 10.2 Å². The number of carbonyl (C=O) groups excluding carboxylic acids is 1. The monoisotopic (exact) mass is 456 g/mol. The van der Waals surface area contributed by atoms with Crippen LogP contribution in [0.25, 0.3) is 0 Å². The maximum absolute atomic E-state index is 12.7. The molecule has 0 aromatic carbocycles. The molecule has 1 amide bonds. The molecule has 1 N–H and O–H groups in total. The molecule has 5 rings (SSSR count). The average molecular weight is 457 g/mol. The number of hydrogen-bond acceptors (Lipinski definition) is 7. The molecule has 1 saturated heterocycles. The molecule has 2 aromatic heterocycles.